The summed E-state index contributed by atoms with van der Waals surface area (Å²) >= 11 is 1.24. The molecule has 0 atom stereocenters. The van der Waals surface area contributed by atoms with Gasteiger partial charge in [-0.05, 0) is 13.0 Å². The predicted octanol–water partition coefficient (Wildman–Crippen LogP) is 2.25. The van der Waals surface area contributed by atoms with Gasteiger partial charge in [0.05, 0.1) is 10.9 Å². The smallest absolute Gasteiger partial charge is 0.342 e. The van der Waals surface area contributed by atoms with Crippen LogP contribution in [0, 0.1) is 6.92 Å². The molecule has 1 aliphatic rings. The first-order chi connectivity index (χ1) is 10.1. The van der Waals surface area contributed by atoms with E-state index < -0.39 is 11.4 Å². The van der Waals surface area contributed by atoms with E-state index in [9.17, 15) is 14.7 Å². The maximum absolute atomic E-state index is 12.5. The molecule has 0 unspecified atom stereocenters. The number of carbonyl (C=O) groups is 1. The number of aromatic nitrogens is 1. The van der Waals surface area contributed by atoms with E-state index in [1.807, 2.05) is 12.3 Å². The second kappa shape index (κ2) is 3.98. The quantitative estimate of drug-likeness (QED) is 0.746. The van der Waals surface area contributed by atoms with E-state index >= 15 is 0 Å². The third-order valence-electron chi connectivity index (χ3n) is 3.53. The third-order valence-corrected chi connectivity index (χ3v) is 4.60. The van der Waals surface area contributed by atoms with Crippen LogP contribution in [0.15, 0.2) is 22.3 Å². The zero-order valence-electron chi connectivity index (χ0n) is 10.9. The zero-order chi connectivity index (χ0) is 14.7. The number of carboxylic acids is 1. The van der Waals surface area contributed by atoms with Gasteiger partial charge in [-0.1, -0.05) is 0 Å². The Morgan fingerprint density at radius 3 is 2.76 bits per heavy atom. The number of rotatable bonds is 1. The molecule has 0 fully saturated rings. The second-order valence-electron chi connectivity index (χ2n) is 4.75. The van der Waals surface area contributed by atoms with Crippen LogP contribution in [-0.4, -0.2) is 22.3 Å². The first-order valence-electron chi connectivity index (χ1n) is 6.17. The van der Waals surface area contributed by atoms with Crippen LogP contribution in [0.1, 0.15) is 16.1 Å². The molecule has 1 N–H and O–H groups in total. The SMILES string of the molecule is Cc1csc2c(C(=O)O)c(=O)c3cc4c(cc3n12)OCO4. The van der Waals surface area contributed by atoms with Crippen molar-refractivity contribution in [2.45, 2.75) is 6.92 Å². The van der Waals surface area contributed by atoms with Gasteiger partial charge in [0.25, 0.3) is 0 Å². The molecular weight excluding hydrogens is 294 g/mol. The normalized spacial score (nSPS) is 13.2. The molecule has 7 heteroatoms. The molecule has 0 aliphatic carbocycles. The highest BCUT2D eigenvalue weighted by Crippen LogP contribution is 2.36. The first-order valence-corrected chi connectivity index (χ1v) is 7.05. The fourth-order valence-electron chi connectivity index (χ4n) is 2.60. The van der Waals surface area contributed by atoms with E-state index in [1.165, 1.54) is 11.3 Å². The minimum atomic E-state index is -1.22. The lowest BCUT2D eigenvalue weighted by Crippen LogP contribution is -2.17. The van der Waals surface area contributed by atoms with Crippen LogP contribution in [0.3, 0.4) is 0 Å². The molecule has 0 saturated carbocycles. The van der Waals surface area contributed by atoms with Crippen LogP contribution in [0.5, 0.6) is 11.5 Å². The zero-order valence-corrected chi connectivity index (χ0v) is 11.7. The molecule has 0 radical (unpaired) electrons. The van der Waals surface area contributed by atoms with Crippen molar-refractivity contribution in [2.24, 2.45) is 0 Å². The molecule has 4 rings (SSSR count). The van der Waals surface area contributed by atoms with Crippen molar-refractivity contribution < 1.29 is 19.4 Å². The van der Waals surface area contributed by atoms with E-state index in [4.69, 9.17) is 9.47 Å². The topological polar surface area (TPSA) is 77.2 Å². The van der Waals surface area contributed by atoms with E-state index in [0.717, 1.165) is 5.69 Å². The van der Waals surface area contributed by atoms with Crippen molar-refractivity contribution in [1.29, 1.82) is 0 Å². The van der Waals surface area contributed by atoms with Gasteiger partial charge in [-0.2, -0.15) is 0 Å². The van der Waals surface area contributed by atoms with Gasteiger partial charge in [0, 0.05) is 17.1 Å². The number of fused-ring (bicyclic) bond motifs is 4. The molecule has 6 nitrogen and oxygen atoms in total. The number of hydrogen-bond donors (Lipinski definition) is 1. The Morgan fingerprint density at radius 1 is 1.33 bits per heavy atom. The maximum Gasteiger partial charge on any atom is 0.342 e. The minimum Gasteiger partial charge on any atom is -0.477 e. The van der Waals surface area contributed by atoms with Gasteiger partial charge >= 0.3 is 5.97 Å². The lowest BCUT2D eigenvalue weighted by atomic mass is 10.1. The van der Waals surface area contributed by atoms with Gasteiger partial charge in [0.15, 0.2) is 11.5 Å². The van der Waals surface area contributed by atoms with Gasteiger partial charge < -0.3 is 19.0 Å². The lowest BCUT2D eigenvalue weighted by molar-refractivity contribution is 0.0697. The van der Waals surface area contributed by atoms with Gasteiger partial charge in [0.2, 0.25) is 12.2 Å². The summed E-state index contributed by atoms with van der Waals surface area (Å²) in [5, 5.41) is 11.5. The molecule has 0 bridgehead atoms. The van der Waals surface area contributed by atoms with E-state index in [2.05, 4.69) is 0 Å². The number of carboxylic acid groups (broad SMARTS) is 1. The van der Waals surface area contributed by atoms with Crippen LogP contribution in [0.25, 0.3) is 15.7 Å². The van der Waals surface area contributed by atoms with Crippen molar-refractivity contribution in [3.63, 3.8) is 0 Å². The molecule has 1 aromatic carbocycles. The van der Waals surface area contributed by atoms with Crippen molar-refractivity contribution >= 4 is 33.0 Å². The highest BCUT2D eigenvalue weighted by atomic mass is 32.1. The van der Waals surface area contributed by atoms with E-state index in [1.54, 1.807) is 16.5 Å². The Morgan fingerprint density at radius 2 is 2.05 bits per heavy atom. The van der Waals surface area contributed by atoms with Crippen molar-refractivity contribution in [1.82, 2.24) is 4.40 Å². The average molecular weight is 303 g/mol. The average Bonchev–Trinajstić information content (AvgIpc) is 3.03. The Labute approximate surface area is 121 Å². The van der Waals surface area contributed by atoms with Gasteiger partial charge in [0.1, 0.15) is 10.4 Å². The van der Waals surface area contributed by atoms with Crippen LogP contribution in [0.4, 0.5) is 0 Å². The molecule has 2 aromatic heterocycles. The van der Waals surface area contributed by atoms with Crippen LogP contribution in [0.2, 0.25) is 0 Å². The molecule has 0 saturated heterocycles. The molecular formula is C14H9NO5S. The summed E-state index contributed by atoms with van der Waals surface area (Å²) in [4.78, 5) is 24.4. The summed E-state index contributed by atoms with van der Waals surface area (Å²) in [6, 6.07) is 3.27. The van der Waals surface area contributed by atoms with Gasteiger partial charge in [-0.15, -0.1) is 11.3 Å². The van der Waals surface area contributed by atoms with Crippen LogP contribution < -0.4 is 14.9 Å². The van der Waals surface area contributed by atoms with Crippen molar-refractivity contribution in [3.05, 3.63) is 39.0 Å². The fraction of sp³-hybridized carbons (Fsp3) is 0.143. The molecule has 21 heavy (non-hydrogen) atoms. The standard InChI is InChI=1S/C14H9NO5S/c1-6-4-21-13-11(14(17)18)12(16)7-2-9-10(20-5-19-9)3-8(7)15(6)13/h2-4H,5H2,1H3,(H,17,18). The van der Waals surface area contributed by atoms with Gasteiger partial charge in [-0.3, -0.25) is 4.79 Å². The summed E-state index contributed by atoms with van der Waals surface area (Å²) in [5.41, 5.74) is 0.779. The number of pyridine rings is 1. The van der Waals surface area contributed by atoms with E-state index in [0.29, 0.717) is 27.2 Å². The highest BCUT2D eigenvalue weighted by Gasteiger charge is 2.23. The number of thiazole rings is 1. The molecule has 3 heterocycles. The number of aromatic carboxylic acids is 1. The molecule has 0 spiro atoms. The second-order valence-corrected chi connectivity index (χ2v) is 5.61. The number of benzene rings is 1. The van der Waals surface area contributed by atoms with Crippen LogP contribution >= 0.6 is 11.3 Å². The van der Waals surface area contributed by atoms with Crippen molar-refractivity contribution in [2.75, 3.05) is 6.79 Å². The number of nitrogens with zero attached hydrogens (tertiary/aromatic N) is 1. The Balaban J connectivity index is 2.31. The predicted molar refractivity (Wildman–Crippen MR) is 76.9 cm³/mol. The summed E-state index contributed by atoms with van der Waals surface area (Å²) in [6.07, 6.45) is 0. The maximum atomic E-state index is 12.5. The number of ether oxygens (including phenoxy) is 2. The third kappa shape index (κ3) is 1.52. The Kier molecular flexibility index (Phi) is 2.32. The van der Waals surface area contributed by atoms with Crippen LogP contribution in [-0.2, 0) is 0 Å². The molecule has 3 aromatic rings. The molecule has 0 amide bonds. The van der Waals surface area contributed by atoms with Crippen molar-refractivity contribution in [3.8, 4) is 11.5 Å². The fourth-order valence-corrected chi connectivity index (χ4v) is 3.63. The number of aryl methyl sites for hydroxylation is 1. The largest absolute Gasteiger partial charge is 0.477 e. The summed E-state index contributed by atoms with van der Waals surface area (Å²) in [5.74, 6) is -0.202. The molecule has 1 aliphatic heterocycles. The summed E-state index contributed by atoms with van der Waals surface area (Å²) in [6.45, 7) is 1.96. The minimum absolute atomic E-state index is 0.0993. The molecule has 106 valence electrons. The lowest BCUT2D eigenvalue weighted by Gasteiger charge is -2.08. The summed E-state index contributed by atoms with van der Waals surface area (Å²) < 4.78 is 12.4. The number of hydrogen-bond acceptors (Lipinski definition) is 5. The van der Waals surface area contributed by atoms with E-state index in [-0.39, 0.29) is 12.4 Å². The monoisotopic (exact) mass is 303 g/mol. The highest BCUT2D eigenvalue weighted by molar-refractivity contribution is 7.16. The summed E-state index contributed by atoms with van der Waals surface area (Å²) in [7, 11) is 0. The van der Waals surface area contributed by atoms with Gasteiger partial charge in [-0.25, -0.2) is 4.79 Å². The Hall–Kier alpha value is -2.54. The first kappa shape index (κ1) is 12.2. The Bertz CT molecular complexity index is 985.